The molecule has 0 radical (unpaired) electrons. The first-order valence-electron chi connectivity index (χ1n) is 6.59. The van der Waals surface area contributed by atoms with E-state index in [2.05, 4.69) is 0 Å². The van der Waals surface area contributed by atoms with Gasteiger partial charge >= 0.3 is 5.97 Å². The van der Waals surface area contributed by atoms with Crippen molar-refractivity contribution in [2.75, 3.05) is 6.54 Å². The standard InChI is InChI=1S/C14H19NO4/c1-9-7-12(10(2)19-9)14(18)15-6-4-3-5-11(15)8-13(16)17/h7,11H,3-6,8H2,1-2H3,(H,16,17). The highest BCUT2D eigenvalue weighted by Gasteiger charge is 2.30. The van der Waals surface area contributed by atoms with Gasteiger partial charge < -0.3 is 14.4 Å². The lowest BCUT2D eigenvalue weighted by molar-refractivity contribution is -0.138. The van der Waals surface area contributed by atoms with Gasteiger partial charge in [0.25, 0.3) is 5.91 Å². The van der Waals surface area contributed by atoms with E-state index >= 15 is 0 Å². The number of furan rings is 1. The number of carboxylic acids is 1. The van der Waals surface area contributed by atoms with Crippen molar-refractivity contribution < 1.29 is 19.1 Å². The number of hydrogen-bond acceptors (Lipinski definition) is 3. The SMILES string of the molecule is Cc1cc(C(=O)N2CCCCC2CC(=O)O)c(C)o1. The maximum absolute atomic E-state index is 12.5. The molecule has 1 saturated heterocycles. The first-order valence-corrected chi connectivity index (χ1v) is 6.59. The zero-order valence-corrected chi connectivity index (χ0v) is 11.3. The van der Waals surface area contributed by atoms with Gasteiger partial charge in [-0.15, -0.1) is 0 Å². The molecule has 5 nitrogen and oxygen atoms in total. The van der Waals surface area contributed by atoms with Gasteiger partial charge in [0.15, 0.2) is 0 Å². The van der Waals surface area contributed by atoms with Crippen molar-refractivity contribution in [1.82, 2.24) is 4.90 Å². The lowest BCUT2D eigenvalue weighted by atomic mass is 9.98. The van der Waals surface area contributed by atoms with E-state index in [0.717, 1.165) is 19.3 Å². The molecule has 1 fully saturated rings. The fraction of sp³-hybridized carbons (Fsp3) is 0.571. The van der Waals surface area contributed by atoms with Crippen molar-refractivity contribution in [3.8, 4) is 0 Å². The molecule has 5 heteroatoms. The monoisotopic (exact) mass is 265 g/mol. The summed E-state index contributed by atoms with van der Waals surface area (Å²) in [4.78, 5) is 25.1. The number of hydrogen-bond donors (Lipinski definition) is 1. The van der Waals surface area contributed by atoms with Gasteiger partial charge in [0.1, 0.15) is 11.5 Å². The number of nitrogens with zero attached hydrogens (tertiary/aromatic N) is 1. The number of carbonyl (C=O) groups is 2. The van der Waals surface area contributed by atoms with Gasteiger partial charge in [0, 0.05) is 12.6 Å². The van der Waals surface area contributed by atoms with Crippen molar-refractivity contribution in [2.24, 2.45) is 0 Å². The number of piperidine rings is 1. The molecule has 19 heavy (non-hydrogen) atoms. The summed E-state index contributed by atoms with van der Waals surface area (Å²) in [5, 5.41) is 8.94. The smallest absolute Gasteiger partial charge is 0.305 e. The Balaban J connectivity index is 2.19. The maximum Gasteiger partial charge on any atom is 0.305 e. The molecular formula is C14H19NO4. The molecule has 1 amide bonds. The zero-order valence-electron chi connectivity index (χ0n) is 11.3. The number of aliphatic carboxylic acids is 1. The first kappa shape index (κ1) is 13.6. The number of carbonyl (C=O) groups excluding carboxylic acids is 1. The Morgan fingerprint density at radius 2 is 2.16 bits per heavy atom. The Bertz CT molecular complexity index is 492. The molecule has 2 heterocycles. The molecule has 1 N–H and O–H groups in total. The fourth-order valence-electron chi connectivity index (χ4n) is 2.68. The van der Waals surface area contributed by atoms with Crippen molar-refractivity contribution >= 4 is 11.9 Å². The number of rotatable bonds is 3. The van der Waals surface area contributed by atoms with Crippen LogP contribution in [0.5, 0.6) is 0 Å². The van der Waals surface area contributed by atoms with Crippen LogP contribution in [0.15, 0.2) is 10.5 Å². The Morgan fingerprint density at radius 3 is 2.74 bits per heavy atom. The van der Waals surface area contributed by atoms with Gasteiger partial charge in [-0.05, 0) is 39.2 Å². The molecule has 1 aromatic rings. The van der Waals surface area contributed by atoms with E-state index in [4.69, 9.17) is 9.52 Å². The summed E-state index contributed by atoms with van der Waals surface area (Å²) in [6.07, 6.45) is 2.68. The molecule has 1 aliphatic heterocycles. The minimum Gasteiger partial charge on any atom is -0.481 e. The zero-order chi connectivity index (χ0) is 14.0. The predicted molar refractivity (Wildman–Crippen MR) is 69.1 cm³/mol. The van der Waals surface area contributed by atoms with Crippen LogP contribution in [0.2, 0.25) is 0 Å². The molecule has 0 aliphatic carbocycles. The van der Waals surface area contributed by atoms with Gasteiger partial charge in [-0.25, -0.2) is 0 Å². The van der Waals surface area contributed by atoms with Crippen LogP contribution in [0.3, 0.4) is 0 Å². The fourth-order valence-corrected chi connectivity index (χ4v) is 2.68. The van der Waals surface area contributed by atoms with Crippen LogP contribution < -0.4 is 0 Å². The van der Waals surface area contributed by atoms with Crippen LogP contribution in [-0.4, -0.2) is 34.5 Å². The molecule has 1 aliphatic rings. The molecule has 0 bridgehead atoms. The van der Waals surface area contributed by atoms with Gasteiger partial charge in [-0.2, -0.15) is 0 Å². The Kier molecular flexibility index (Phi) is 3.93. The molecule has 1 aromatic heterocycles. The second kappa shape index (κ2) is 5.47. The molecule has 2 rings (SSSR count). The van der Waals surface area contributed by atoms with E-state index in [0.29, 0.717) is 23.6 Å². The Morgan fingerprint density at radius 1 is 1.42 bits per heavy atom. The minimum absolute atomic E-state index is 0.0155. The minimum atomic E-state index is -0.857. The second-order valence-corrected chi connectivity index (χ2v) is 5.07. The van der Waals surface area contributed by atoms with Crippen LogP contribution in [0.4, 0.5) is 0 Å². The highest BCUT2D eigenvalue weighted by atomic mass is 16.4. The topological polar surface area (TPSA) is 70.8 Å². The van der Waals surface area contributed by atoms with Crippen LogP contribution in [0.25, 0.3) is 0 Å². The molecule has 0 spiro atoms. The van der Waals surface area contributed by atoms with Crippen molar-refractivity contribution in [2.45, 2.75) is 45.6 Å². The van der Waals surface area contributed by atoms with Crippen LogP contribution >= 0.6 is 0 Å². The van der Waals surface area contributed by atoms with E-state index < -0.39 is 5.97 Å². The predicted octanol–water partition coefficient (Wildman–Crippen LogP) is 2.37. The van der Waals surface area contributed by atoms with Crippen molar-refractivity contribution in [3.63, 3.8) is 0 Å². The van der Waals surface area contributed by atoms with Gasteiger partial charge in [-0.3, -0.25) is 9.59 Å². The molecule has 104 valence electrons. The summed E-state index contributed by atoms with van der Waals surface area (Å²) in [7, 11) is 0. The third-order valence-corrected chi connectivity index (χ3v) is 3.57. The van der Waals surface area contributed by atoms with E-state index in [9.17, 15) is 9.59 Å². The molecule has 0 saturated carbocycles. The summed E-state index contributed by atoms with van der Waals surface area (Å²) in [6, 6.07) is 1.53. The summed E-state index contributed by atoms with van der Waals surface area (Å²) in [6.45, 7) is 4.19. The number of aryl methyl sites for hydroxylation is 2. The highest BCUT2D eigenvalue weighted by Crippen LogP contribution is 2.24. The summed E-state index contributed by atoms with van der Waals surface area (Å²) in [5.74, 6) is 0.333. The first-order chi connectivity index (χ1) is 8.99. The van der Waals surface area contributed by atoms with E-state index in [1.165, 1.54) is 0 Å². The van der Waals surface area contributed by atoms with E-state index in [-0.39, 0.29) is 18.4 Å². The van der Waals surface area contributed by atoms with E-state index in [1.54, 1.807) is 24.8 Å². The van der Waals surface area contributed by atoms with Gasteiger partial charge in [-0.1, -0.05) is 0 Å². The van der Waals surface area contributed by atoms with E-state index in [1.807, 2.05) is 0 Å². The van der Waals surface area contributed by atoms with Crippen LogP contribution in [-0.2, 0) is 4.79 Å². The number of likely N-dealkylation sites (tertiary alicyclic amines) is 1. The lowest BCUT2D eigenvalue weighted by Crippen LogP contribution is -2.44. The largest absolute Gasteiger partial charge is 0.481 e. The average Bonchev–Trinajstić information content (AvgIpc) is 2.67. The van der Waals surface area contributed by atoms with Gasteiger partial charge in [0.05, 0.1) is 12.0 Å². The molecule has 1 atom stereocenters. The second-order valence-electron chi connectivity index (χ2n) is 5.07. The molecule has 1 unspecified atom stereocenters. The summed E-state index contributed by atoms with van der Waals surface area (Å²) < 4.78 is 5.38. The molecule has 0 aromatic carbocycles. The summed E-state index contributed by atoms with van der Waals surface area (Å²) >= 11 is 0. The van der Waals surface area contributed by atoms with Crippen LogP contribution in [0, 0.1) is 13.8 Å². The van der Waals surface area contributed by atoms with Crippen molar-refractivity contribution in [1.29, 1.82) is 0 Å². The van der Waals surface area contributed by atoms with Gasteiger partial charge in [0.2, 0.25) is 0 Å². The maximum atomic E-state index is 12.5. The highest BCUT2D eigenvalue weighted by molar-refractivity contribution is 5.95. The Labute approximate surface area is 112 Å². The van der Waals surface area contributed by atoms with Crippen LogP contribution in [0.1, 0.15) is 47.6 Å². The van der Waals surface area contributed by atoms with Crippen molar-refractivity contribution in [3.05, 3.63) is 23.2 Å². The quantitative estimate of drug-likeness (QED) is 0.910. The number of amides is 1. The molecular weight excluding hydrogens is 246 g/mol. The average molecular weight is 265 g/mol. The Hall–Kier alpha value is -1.78. The lowest BCUT2D eigenvalue weighted by Gasteiger charge is -2.34. The summed E-state index contributed by atoms with van der Waals surface area (Å²) in [5.41, 5.74) is 0.551. The third-order valence-electron chi connectivity index (χ3n) is 3.57. The number of carboxylic acid groups (broad SMARTS) is 1. The normalized spacial score (nSPS) is 19.5. The third kappa shape index (κ3) is 2.97.